The van der Waals surface area contributed by atoms with E-state index in [0.29, 0.717) is 0 Å². The second-order valence-corrected chi connectivity index (χ2v) is 8.17. The van der Waals surface area contributed by atoms with Crippen LogP contribution in [0, 0.1) is 6.92 Å². The number of aryl methyl sites for hydroxylation is 3. The fourth-order valence-electron chi connectivity index (χ4n) is 3.85. The van der Waals surface area contributed by atoms with Crippen LogP contribution in [0.4, 0.5) is 17.1 Å². The number of benzene rings is 2. The first-order valence-corrected chi connectivity index (χ1v) is 12.1. The van der Waals surface area contributed by atoms with Crippen LogP contribution in [0.25, 0.3) is 0 Å². The lowest BCUT2D eigenvalue weighted by Gasteiger charge is -2.26. The number of allylic oxidation sites excluding steroid dienone is 3. The van der Waals surface area contributed by atoms with Crippen LogP contribution in [-0.4, -0.2) is 26.0 Å². The van der Waals surface area contributed by atoms with Gasteiger partial charge in [-0.05, 0) is 85.2 Å². The van der Waals surface area contributed by atoms with Gasteiger partial charge in [0, 0.05) is 49.2 Å². The SMILES string of the molecule is CC/C=C(\C=Nc1ccc(N(CCC)c2cc(CC)cc(CC)c2)cc1C)C(C=NC)=CN. The van der Waals surface area contributed by atoms with Crippen molar-refractivity contribution in [3.8, 4) is 0 Å². The zero-order valence-electron chi connectivity index (χ0n) is 21.2. The smallest absolute Gasteiger partial charge is 0.0660 e. The molecule has 0 aromatic heterocycles. The molecule has 0 saturated heterocycles. The number of aliphatic imine (C=N–C) groups is 2. The fourth-order valence-corrected chi connectivity index (χ4v) is 3.85. The number of hydrogen-bond acceptors (Lipinski definition) is 4. The van der Waals surface area contributed by atoms with Gasteiger partial charge in [0.05, 0.1) is 5.69 Å². The van der Waals surface area contributed by atoms with Crippen molar-refractivity contribution >= 4 is 29.5 Å². The molecule has 0 bridgehead atoms. The molecule has 4 nitrogen and oxygen atoms in total. The molecule has 0 saturated carbocycles. The Morgan fingerprint density at radius 2 is 1.61 bits per heavy atom. The van der Waals surface area contributed by atoms with Crippen LogP contribution >= 0.6 is 0 Å². The predicted octanol–water partition coefficient (Wildman–Crippen LogP) is 7.25. The summed E-state index contributed by atoms with van der Waals surface area (Å²) >= 11 is 0. The zero-order chi connectivity index (χ0) is 24.2. The van der Waals surface area contributed by atoms with Gasteiger partial charge in [0.1, 0.15) is 0 Å². The number of nitrogens with two attached hydrogens (primary N) is 1. The average molecular weight is 445 g/mol. The first kappa shape index (κ1) is 26.1. The van der Waals surface area contributed by atoms with Gasteiger partial charge in [0.15, 0.2) is 0 Å². The summed E-state index contributed by atoms with van der Waals surface area (Å²) in [5, 5.41) is 0. The van der Waals surface area contributed by atoms with Crippen molar-refractivity contribution in [1.82, 2.24) is 0 Å². The number of nitrogens with zero attached hydrogens (tertiary/aromatic N) is 3. The Morgan fingerprint density at radius 3 is 2.12 bits per heavy atom. The van der Waals surface area contributed by atoms with E-state index in [0.717, 1.165) is 54.6 Å². The lowest BCUT2D eigenvalue weighted by molar-refractivity contribution is 0.882. The second-order valence-electron chi connectivity index (χ2n) is 8.17. The van der Waals surface area contributed by atoms with Gasteiger partial charge in [0.2, 0.25) is 0 Å². The number of rotatable bonds is 11. The van der Waals surface area contributed by atoms with Crippen LogP contribution in [0.15, 0.2) is 69.8 Å². The highest BCUT2D eigenvalue weighted by Gasteiger charge is 2.12. The van der Waals surface area contributed by atoms with E-state index in [-0.39, 0.29) is 0 Å². The Hall–Kier alpha value is -3.14. The summed E-state index contributed by atoms with van der Waals surface area (Å²) in [6.07, 6.45) is 11.4. The summed E-state index contributed by atoms with van der Waals surface area (Å²) in [6, 6.07) is 13.5. The maximum atomic E-state index is 5.81. The molecule has 0 aliphatic rings. The number of hydrogen-bond donors (Lipinski definition) is 1. The zero-order valence-corrected chi connectivity index (χ0v) is 21.2. The molecule has 0 unspecified atom stereocenters. The summed E-state index contributed by atoms with van der Waals surface area (Å²) in [5.41, 5.74) is 15.0. The summed E-state index contributed by atoms with van der Waals surface area (Å²) in [4.78, 5) is 11.3. The summed E-state index contributed by atoms with van der Waals surface area (Å²) in [6.45, 7) is 11.9. The molecule has 0 heterocycles. The normalized spacial score (nSPS) is 12.8. The number of anilines is 2. The van der Waals surface area contributed by atoms with Crippen LogP contribution in [0.2, 0.25) is 0 Å². The molecule has 0 amide bonds. The molecule has 0 radical (unpaired) electrons. The highest BCUT2D eigenvalue weighted by Crippen LogP contribution is 2.32. The minimum absolute atomic E-state index is 0.869. The van der Waals surface area contributed by atoms with Gasteiger partial charge in [-0.3, -0.25) is 9.98 Å². The van der Waals surface area contributed by atoms with Crippen LogP contribution in [0.1, 0.15) is 57.2 Å². The van der Waals surface area contributed by atoms with Gasteiger partial charge in [-0.25, -0.2) is 0 Å². The minimum Gasteiger partial charge on any atom is -0.404 e. The van der Waals surface area contributed by atoms with E-state index in [1.165, 1.54) is 22.5 Å². The maximum absolute atomic E-state index is 5.81. The Kier molecular flexibility index (Phi) is 10.6. The Morgan fingerprint density at radius 1 is 0.909 bits per heavy atom. The van der Waals surface area contributed by atoms with Crippen molar-refractivity contribution in [3.63, 3.8) is 0 Å². The predicted molar refractivity (Wildman–Crippen MR) is 147 cm³/mol. The molecule has 2 aromatic rings. The van der Waals surface area contributed by atoms with Gasteiger partial charge in [-0.15, -0.1) is 0 Å². The lowest BCUT2D eigenvalue weighted by atomic mass is 10.0. The van der Waals surface area contributed by atoms with Gasteiger partial charge >= 0.3 is 0 Å². The van der Waals surface area contributed by atoms with Crippen LogP contribution in [0.5, 0.6) is 0 Å². The average Bonchev–Trinajstić information content (AvgIpc) is 2.84. The van der Waals surface area contributed by atoms with E-state index in [4.69, 9.17) is 10.7 Å². The van der Waals surface area contributed by atoms with Gasteiger partial charge in [-0.1, -0.05) is 39.8 Å². The fraction of sp³-hybridized carbons (Fsp3) is 0.379. The van der Waals surface area contributed by atoms with Crippen molar-refractivity contribution in [1.29, 1.82) is 0 Å². The molecule has 33 heavy (non-hydrogen) atoms. The van der Waals surface area contributed by atoms with E-state index in [1.54, 1.807) is 19.5 Å². The van der Waals surface area contributed by atoms with Crippen LogP contribution < -0.4 is 10.6 Å². The minimum atomic E-state index is 0.869. The van der Waals surface area contributed by atoms with Crippen molar-refractivity contribution < 1.29 is 0 Å². The molecule has 2 aromatic carbocycles. The van der Waals surface area contributed by atoms with Crippen LogP contribution in [-0.2, 0) is 12.8 Å². The molecule has 0 aliphatic heterocycles. The van der Waals surface area contributed by atoms with E-state index < -0.39 is 0 Å². The molecule has 0 fully saturated rings. The molecular formula is C29H40N4. The molecule has 0 aliphatic carbocycles. The third-order valence-corrected chi connectivity index (χ3v) is 5.65. The highest BCUT2D eigenvalue weighted by molar-refractivity contribution is 5.99. The molecule has 4 heteroatoms. The third-order valence-electron chi connectivity index (χ3n) is 5.65. The van der Waals surface area contributed by atoms with E-state index in [1.807, 2.05) is 6.21 Å². The van der Waals surface area contributed by atoms with Gasteiger partial charge in [0.25, 0.3) is 0 Å². The third kappa shape index (κ3) is 7.18. The molecule has 0 atom stereocenters. The first-order valence-electron chi connectivity index (χ1n) is 12.1. The highest BCUT2D eigenvalue weighted by atomic mass is 15.1. The maximum Gasteiger partial charge on any atom is 0.0660 e. The molecule has 2 N–H and O–H groups in total. The monoisotopic (exact) mass is 444 g/mol. The summed E-state index contributed by atoms with van der Waals surface area (Å²) < 4.78 is 0. The van der Waals surface area contributed by atoms with E-state index in [9.17, 15) is 0 Å². The first-order chi connectivity index (χ1) is 16.0. The van der Waals surface area contributed by atoms with Crippen molar-refractivity contribution in [2.75, 3.05) is 18.5 Å². The largest absolute Gasteiger partial charge is 0.404 e. The van der Waals surface area contributed by atoms with E-state index in [2.05, 4.69) is 87.0 Å². The van der Waals surface area contributed by atoms with Crippen molar-refractivity contribution in [2.24, 2.45) is 15.7 Å². The Balaban J connectivity index is 2.41. The standard InChI is InChI=1S/C29H40N4/c1-7-11-25(26(19-30)20-31-6)21-32-29-13-12-27(15-22(29)5)33(14-8-2)28-17-23(9-3)16-24(10-4)18-28/h11-13,15-21H,7-10,14,30H2,1-6H3/b25-11+,26-19?,31-20?,32-21?. The lowest BCUT2D eigenvalue weighted by Crippen LogP contribution is -2.18. The summed E-state index contributed by atoms with van der Waals surface area (Å²) in [5.74, 6) is 0. The molecular weight excluding hydrogens is 404 g/mol. The van der Waals surface area contributed by atoms with Crippen molar-refractivity contribution in [3.05, 3.63) is 76.5 Å². The summed E-state index contributed by atoms with van der Waals surface area (Å²) in [7, 11) is 1.74. The Labute approximate surface area is 200 Å². The van der Waals surface area contributed by atoms with Gasteiger partial charge < -0.3 is 10.6 Å². The second kappa shape index (κ2) is 13.4. The topological polar surface area (TPSA) is 54.0 Å². The van der Waals surface area contributed by atoms with Gasteiger partial charge in [-0.2, -0.15) is 0 Å². The van der Waals surface area contributed by atoms with Crippen molar-refractivity contribution in [2.45, 2.75) is 60.3 Å². The molecule has 0 spiro atoms. The quantitative estimate of drug-likeness (QED) is 0.293. The van der Waals surface area contributed by atoms with Crippen LogP contribution in [0.3, 0.4) is 0 Å². The molecule has 2 rings (SSSR count). The Bertz CT molecular complexity index is 1010. The molecule has 176 valence electrons. The van der Waals surface area contributed by atoms with E-state index >= 15 is 0 Å².